The van der Waals surface area contributed by atoms with Gasteiger partial charge in [0.1, 0.15) is 5.65 Å². The Balaban J connectivity index is 1.32. The first-order chi connectivity index (χ1) is 18.3. The molecule has 1 saturated heterocycles. The Kier molecular flexibility index (Phi) is 7.03. The van der Waals surface area contributed by atoms with Gasteiger partial charge in [-0.25, -0.2) is 4.98 Å². The van der Waals surface area contributed by atoms with Gasteiger partial charge in [-0.2, -0.15) is 0 Å². The van der Waals surface area contributed by atoms with Crippen LogP contribution in [0.1, 0.15) is 46.1 Å². The average molecular weight is 514 g/mol. The lowest BCUT2D eigenvalue weighted by molar-refractivity contribution is 0.0827. The molecule has 5 heterocycles. The van der Waals surface area contributed by atoms with Crippen molar-refractivity contribution in [1.82, 2.24) is 28.9 Å². The maximum atomic E-state index is 12.8. The number of piperidine rings is 1. The number of carbonyl (C=O) groups excluding carboxylic acids is 1. The number of rotatable bonds is 6. The summed E-state index contributed by atoms with van der Waals surface area (Å²) in [6, 6.07) is 9.52. The Labute approximate surface area is 222 Å². The lowest BCUT2D eigenvalue weighted by atomic mass is 9.90. The summed E-state index contributed by atoms with van der Waals surface area (Å²) in [5, 5.41) is 3.98. The van der Waals surface area contributed by atoms with E-state index in [1.807, 2.05) is 25.2 Å². The predicted molar refractivity (Wildman–Crippen MR) is 150 cm³/mol. The van der Waals surface area contributed by atoms with E-state index in [1.165, 1.54) is 5.69 Å². The first-order valence-electron chi connectivity index (χ1n) is 13.0. The summed E-state index contributed by atoms with van der Waals surface area (Å²) in [4.78, 5) is 38.4. The highest BCUT2D eigenvalue weighted by molar-refractivity contribution is 5.93. The van der Waals surface area contributed by atoms with Gasteiger partial charge in [0, 0.05) is 87.8 Å². The van der Waals surface area contributed by atoms with E-state index in [0.717, 1.165) is 66.1 Å². The fraction of sp³-hybridized carbons (Fsp3) is 0.379. The van der Waals surface area contributed by atoms with Crippen LogP contribution >= 0.6 is 0 Å². The number of carbonyl (C=O) groups is 1. The summed E-state index contributed by atoms with van der Waals surface area (Å²) in [6.07, 6.45) is 7.33. The molecule has 0 unspecified atom stereocenters. The number of pyridine rings is 3. The second-order valence-corrected chi connectivity index (χ2v) is 10.3. The van der Waals surface area contributed by atoms with Gasteiger partial charge in [-0.05, 0) is 62.7 Å². The van der Waals surface area contributed by atoms with Crippen LogP contribution in [0.25, 0.3) is 16.7 Å². The third kappa shape index (κ3) is 4.81. The first kappa shape index (κ1) is 25.7. The van der Waals surface area contributed by atoms with E-state index in [4.69, 9.17) is 4.98 Å². The van der Waals surface area contributed by atoms with Crippen LogP contribution in [0.5, 0.6) is 0 Å². The van der Waals surface area contributed by atoms with Gasteiger partial charge < -0.3 is 14.8 Å². The number of hydrogen-bond acceptors (Lipinski definition) is 6. The number of amides is 1. The molecule has 198 valence electrons. The molecule has 9 heteroatoms. The molecule has 1 aliphatic rings. The maximum Gasteiger partial charge on any atom is 0.257 e. The van der Waals surface area contributed by atoms with Crippen LogP contribution in [0, 0.1) is 6.92 Å². The smallest absolute Gasteiger partial charge is 0.257 e. The monoisotopic (exact) mass is 513 g/mol. The molecule has 1 amide bonds. The Morgan fingerprint density at radius 1 is 1.13 bits per heavy atom. The summed E-state index contributed by atoms with van der Waals surface area (Å²) in [5.74, 6) is 0.373. The average Bonchev–Trinajstić information content (AvgIpc) is 3.23. The van der Waals surface area contributed by atoms with Gasteiger partial charge >= 0.3 is 0 Å². The van der Waals surface area contributed by atoms with Crippen LogP contribution in [0.3, 0.4) is 0 Å². The van der Waals surface area contributed by atoms with Crippen molar-refractivity contribution in [3.05, 3.63) is 81.8 Å². The minimum Gasteiger partial charge on any atom is -0.388 e. The number of aromatic nitrogens is 4. The van der Waals surface area contributed by atoms with E-state index >= 15 is 0 Å². The van der Waals surface area contributed by atoms with E-state index in [1.54, 1.807) is 55.3 Å². The number of hydrogen-bond donors (Lipinski definition) is 1. The molecule has 4 aromatic rings. The Morgan fingerprint density at radius 2 is 1.89 bits per heavy atom. The summed E-state index contributed by atoms with van der Waals surface area (Å²) in [7, 11) is 7.36. The number of fused-ring (bicyclic) bond motifs is 1. The molecule has 0 saturated carbocycles. The van der Waals surface area contributed by atoms with Crippen molar-refractivity contribution in [2.75, 3.05) is 39.5 Å². The van der Waals surface area contributed by atoms with E-state index in [-0.39, 0.29) is 11.5 Å². The topological polar surface area (TPSA) is 88.3 Å². The molecule has 4 aromatic heterocycles. The third-order valence-corrected chi connectivity index (χ3v) is 7.61. The van der Waals surface area contributed by atoms with Gasteiger partial charge in [0.25, 0.3) is 11.5 Å². The normalized spacial score (nSPS) is 14.7. The molecular weight excluding hydrogens is 478 g/mol. The van der Waals surface area contributed by atoms with Gasteiger partial charge in [0.15, 0.2) is 0 Å². The minimum absolute atomic E-state index is 0.0190. The third-order valence-electron chi connectivity index (χ3n) is 7.61. The van der Waals surface area contributed by atoms with Crippen LogP contribution in [0.2, 0.25) is 0 Å². The lowest BCUT2D eigenvalue weighted by Crippen LogP contribution is -2.33. The standard InChI is InChI=1S/C29H35N7O2/c1-19-14-21(29(38)33(3)4)17-32-27(19)20-7-11-35(12-8-20)18-23-16-24-25(6-10-31-28(24)34(23)5)36-13-9-22(30-2)15-26(36)37/h6,9-10,13-17,20,30H,7-8,11-12,18H2,1-5H3. The van der Waals surface area contributed by atoms with Gasteiger partial charge in [0.2, 0.25) is 0 Å². The lowest BCUT2D eigenvalue weighted by Gasteiger charge is -2.32. The van der Waals surface area contributed by atoms with Crippen LogP contribution in [0.15, 0.2) is 53.7 Å². The second-order valence-electron chi connectivity index (χ2n) is 10.3. The number of nitrogens with zero attached hydrogens (tertiary/aromatic N) is 6. The maximum absolute atomic E-state index is 12.8. The Morgan fingerprint density at radius 3 is 2.55 bits per heavy atom. The highest BCUT2D eigenvalue weighted by Gasteiger charge is 2.25. The minimum atomic E-state index is -0.0835. The second kappa shape index (κ2) is 10.4. The highest BCUT2D eigenvalue weighted by Crippen LogP contribution is 2.31. The molecular formula is C29H35N7O2. The molecule has 1 N–H and O–H groups in total. The number of nitrogens with one attached hydrogen (secondary N) is 1. The molecule has 0 spiro atoms. The van der Waals surface area contributed by atoms with E-state index < -0.39 is 0 Å². The van der Waals surface area contributed by atoms with Crippen LogP contribution in [0.4, 0.5) is 5.69 Å². The predicted octanol–water partition coefficient (Wildman–Crippen LogP) is 3.55. The van der Waals surface area contributed by atoms with E-state index in [9.17, 15) is 9.59 Å². The summed E-state index contributed by atoms with van der Waals surface area (Å²) >= 11 is 0. The van der Waals surface area contributed by atoms with Crippen molar-refractivity contribution in [3.63, 3.8) is 0 Å². The SMILES string of the molecule is CNc1ccn(-c2ccnc3c2cc(CN2CCC(c4ncc(C(=O)N(C)C)cc4C)CC2)n3C)c(=O)c1. The van der Waals surface area contributed by atoms with Crippen LogP contribution in [-0.4, -0.2) is 69.0 Å². The molecule has 0 aromatic carbocycles. The van der Waals surface area contributed by atoms with Crippen molar-refractivity contribution in [2.24, 2.45) is 7.05 Å². The quantitative estimate of drug-likeness (QED) is 0.424. The van der Waals surface area contributed by atoms with Crippen molar-refractivity contribution in [3.8, 4) is 5.69 Å². The van der Waals surface area contributed by atoms with E-state index in [0.29, 0.717) is 11.5 Å². The van der Waals surface area contributed by atoms with Crippen molar-refractivity contribution in [1.29, 1.82) is 0 Å². The number of anilines is 1. The highest BCUT2D eigenvalue weighted by atomic mass is 16.2. The molecule has 0 bridgehead atoms. The summed E-state index contributed by atoms with van der Waals surface area (Å²) < 4.78 is 3.80. The Bertz CT molecular complexity index is 1540. The molecule has 0 aliphatic carbocycles. The Hall–Kier alpha value is -3.98. The largest absolute Gasteiger partial charge is 0.388 e. The van der Waals surface area contributed by atoms with Gasteiger partial charge in [0.05, 0.1) is 11.3 Å². The molecule has 1 fully saturated rings. The molecule has 0 atom stereocenters. The molecule has 38 heavy (non-hydrogen) atoms. The fourth-order valence-electron chi connectivity index (χ4n) is 5.43. The number of likely N-dealkylation sites (tertiary alicyclic amines) is 1. The summed E-state index contributed by atoms with van der Waals surface area (Å²) in [6.45, 7) is 4.81. The zero-order chi connectivity index (χ0) is 27.0. The molecule has 1 aliphatic heterocycles. The first-order valence-corrected chi connectivity index (χ1v) is 13.0. The van der Waals surface area contributed by atoms with Gasteiger partial charge in [-0.1, -0.05) is 0 Å². The molecule has 5 rings (SSSR count). The zero-order valence-corrected chi connectivity index (χ0v) is 22.7. The van der Waals surface area contributed by atoms with Crippen molar-refractivity contribution >= 4 is 22.6 Å². The fourth-order valence-corrected chi connectivity index (χ4v) is 5.43. The van der Waals surface area contributed by atoms with Crippen LogP contribution < -0.4 is 10.9 Å². The molecule has 9 nitrogen and oxygen atoms in total. The van der Waals surface area contributed by atoms with Crippen LogP contribution in [-0.2, 0) is 13.6 Å². The summed E-state index contributed by atoms with van der Waals surface area (Å²) in [5.41, 5.74) is 6.40. The molecule has 0 radical (unpaired) electrons. The zero-order valence-electron chi connectivity index (χ0n) is 22.7. The van der Waals surface area contributed by atoms with Gasteiger partial charge in [-0.3, -0.25) is 24.0 Å². The number of aryl methyl sites for hydroxylation is 2. The van der Waals surface area contributed by atoms with Crippen molar-refractivity contribution < 1.29 is 4.79 Å². The van der Waals surface area contributed by atoms with E-state index in [2.05, 4.69) is 32.8 Å². The van der Waals surface area contributed by atoms with Crippen molar-refractivity contribution in [2.45, 2.75) is 32.2 Å². The van der Waals surface area contributed by atoms with Gasteiger partial charge in [-0.15, -0.1) is 0 Å².